The van der Waals surface area contributed by atoms with Gasteiger partial charge in [0.1, 0.15) is 0 Å². The molecule has 0 aliphatic carbocycles. The van der Waals surface area contributed by atoms with Crippen LogP contribution in [0.2, 0.25) is 0 Å². The highest BCUT2D eigenvalue weighted by atomic mass is 31.2. The van der Waals surface area contributed by atoms with Gasteiger partial charge in [0, 0.05) is 11.4 Å². The normalized spacial score (nSPS) is 12.6. The SMILES string of the molecule is CCOC(=O)/C=C(/C)P(=O)(OCC)OCC. The fourth-order valence-electron chi connectivity index (χ4n) is 1.01. The summed E-state index contributed by atoms with van der Waals surface area (Å²) < 4.78 is 27.0. The molecule has 0 saturated heterocycles. The lowest BCUT2D eigenvalue weighted by molar-refractivity contribution is -0.137. The van der Waals surface area contributed by atoms with E-state index in [4.69, 9.17) is 13.8 Å². The summed E-state index contributed by atoms with van der Waals surface area (Å²) in [7, 11) is -3.33. The molecule has 0 unspecified atom stereocenters. The van der Waals surface area contributed by atoms with Gasteiger partial charge in [0.25, 0.3) is 0 Å². The summed E-state index contributed by atoms with van der Waals surface area (Å²) in [6, 6.07) is 0. The van der Waals surface area contributed by atoms with Crippen molar-refractivity contribution in [1.82, 2.24) is 0 Å². The monoisotopic (exact) mass is 250 g/mol. The zero-order valence-corrected chi connectivity index (χ0v) is 11.1. The minimum Gasteiger partial charge on any atom is -0.463 e. The molecule has 0 aromatic rings. The average molecular weight is 250 g/mol. The molecule has 0 bridgehead atoms. The Bertz CT molecular complexity index is 288. The Morgan fingerprint density at radius 3 is 2.00 bits per heavy atom. The first-order valence-electron chi connectivity index (χ1n) is 5.24. The molecule has 0 aliphatic heterocycles. The van der Waals surface area contributed by atoms with E-state index in [0.717, 1.165) is 6.08 Å². The lowest BCUT2D eigenvalue weighted by atomic mass is 10.5. The maximum absolute atomic E-state index is 12.1. The first-order valence-corrected chi connectivity index (χ1v) is 6.79. The average Bonchev–Trinajstić information content (AvgIpc) is 2.18. The predicted molar refractivity (Wildman–Crippen MR) is 61.2 cm³/mol. The summed E-state index contributed by atoms with van der Waals surface area (Å²) in [5.74, 6) is -0.542. The number of carbonyl (C=O) groups excluding carboxylic acids is 1. The summed E-state index contributed by atoms with van der Waals surface area (Å²) in [6.45, 7) is 7.44. The predicted octanol–water partition coefficient (Wildman–Crippen LogP) is 2.72. The van der Waals surface area contributed by atoms with Gasteiger partial charge in [0.05, 0.1) is 19.8 Å². The lowest BCUT2D eigenvalue weighted by Gasteiger charge is -2.17. The molecule has 0 amide bonds. The quantitative estimate of drug-likeness (QED) is 0.395. The van der Waals surface area contributed by atoms with E-state index in [1.807, 2.05) is 0 Å². The van der Waals surface area contributed by atoms with Crippen molar-refractivity contribution in [2.45, 2.75) is 27.7 Å². The Balaban J connectivity index is 4.79. The van der Waals surface area contributed by atoms with Crippen LogP contribution in [-0.2, 0) is 23.1 Å². The van der Waals surface area contributed by atoms with E-state index in [0.29, 0.717) is 0 Å². The molecular formula is C10H19O5P. The lowest BCUT2D eigenvalue weighted by Crippen LogP contribution is -2.03. The summed E-state index contributed by atoms with van der Waals surface area (Å²) >= 11 is 0. The maximum Gasteiger partial charge on any atom is 0.357 e. The van der Waals surface area contributed by atoms with Gasteiger partial charge < -0.3 is 13.8 Å². The van der Waals surface area contributed by atoms with Crippen LogP contribution in [0.4, 0.5) is 0 Å². The van der Waals surface area contributed by atoms with E-state index in [-0.39, 0.29) is 25.1 Å². The molecule has 16 heavy (non-hydrogen) atoms. The molecule has 0 atom stereocenters. The van der Waals surface area contributed by atoms with Crippen LogP contribution >= 0.6 is 7.60 Å². The smallest absolute Gasteiger partial charge is 0.357 e. The minimum atomic E-state index is -3.33. The second-order valence-electron chi connectivity index (χ2n) is 2.87. The van der Waals surface area contributed by atoms with E-state index in [1.165, 1.54) is 6.92 Å². The van der Waals surface area contributed by atoms with Crippen molar-refractivity contribution < 1.29 is 23.1 Å². The molecular weight excluding hydrogens is 231 g/mol. The second-order valence-corrected chi connectivity index (χ2v) is 5.09. The first-order chi connectivity index (χ1) is 7.50. The van der Waals surface area contributed by atoms with Gasteiger partial charge in [-0.05, 0) is 27.7 Å². The number of rotatable bonds is 7. The van der Waals surface area contributed by atoms with Crippen molar-refractivity contribution in [3.05, 3.63) is 11.4 Å². The van der Waals surface area contributed by atoms with Crippen LogP contribution in [-0.4, -0.2) is 25.8 Å². The Kier molecular flexibility index (Phi) is 7.30. The molecule has 0 aromatic carbocycles. The highest BCUT2D eigenvalue weighted by molar-refractivity contribution is 7.58. The largest absolute Gasteiger partial charge is 0.463 e. The van der Waals surface area contributed by atoms with Crippen LogP contribution in [0, 0.1) is 0 Å². The molecule has 0 aromatic heterocycles. The summed E-state index contributed by atoms with van der Waals surface area (Å²) in [6.07, 6.45) is 1.15. The number of allylic oxidation sites excluding steroid dienone is 1. The molecule has 0 saturated carbocycles. The summed E-state index contributed by atoms with van der Waals surface area (Å²) in [4.78, 5) is 11.2. The van der Waals surface area contributed by atoms with Crippen LogP contribution in [0.3, 0.4) is 0 Å². The third-order valence-corrected chi connectivity index (χ3v) is 3.83. The van der Waals surface area contributed by atoms with Gasteiger partial charge >= 0.3 is 13.6 Å². The van der Waals surface area contributed by atoms with E-state index in [1.54, 1.807) is 20.8 Å². The van der Waals surface area contributed by atoms with Gasteiger partial charge in [-0.3, -0.25) is 4.57 Å². The van der Waals surface area contributed by atoms with Crippen LogP contribution in [0.25, 0.3) is 0 Å². The van der Waals surface area contributed by atoms with Crippen molar-refractivity contribution in [1.29, 1.82) is 0 Å². The fraction of sp³-hybridized carbons (Fsp3) is 0.700. The van der Waals surface area contributed by atoms with Crippen LogP contribution in [0.15, 0.2) is 11.4 Å². The first kappa shape index (κ1) is 15.4. The second kappa shape index (κ2) is 7.60. The van der Waals surface area contributed by atoms with Crippen molar-refractivity contribution in [3.63, 3.8) is 0 Å². The fourth-order valence-corrected chi connectivity index (χ4v) is 2.44. The van der Waals surface area contributed by atoms with Crippen LogP contribution in [0.1, 0.15) is 27.7 Å². The summed E-state index contributed by atoms with van der Waals surface area (Å²) in [5, 5.41) is 0.259. The van der Waals surface area contributed by atoms with E-state index in [9.17, 15) is 9.36 Å². The van der Waals surface area contributed by atoms with Crippen molar-refractivity contribution >= 4 is 13.6 Å². The van der Waals surface area contributed by atoms with Crippen LogP contribution in [0.5, 0.6) is 0 Å². The third-order valence-electron chi connectivity index (χ3n) is 1.64. The molecule has 6 heteroatoms. The number of carbonyl (C=O) groups is 1. The van der Waals surface area contributed by atoms with Gasteiger partial charge in [0.15, 0.2) is 0 Å². The molecule has 5 nitrogen and oxygen atoms in total. The molecule has 0 radical (unpaired) electrons. The molecule has 0 heterocycles. The third kappa shape index (κ3) is 4.92. The molecule has 0 aliphatic rings. The number of esters is 1. The van der Waals surface area contributed by atoms with E-state index >= 15 is 0 Å². The van der Waals surface area contributed by atoms with Crippen LogP contribution < -0.4 is 0 Å². The van der Waals surface area contributed by atoms with E-state index in [2.05, 4.69) is 0 Å². The van der Waals surface area contributed by atoms with Gasteiger partial charge in [-0.25, -0.2) is 4.79 Å². The summed E-state index contributed by atoms with van der Waals surface area (Å²) in [5.41, 5.74) is 0. The zero-order chi connectivity index (χ0) is 12.6. The van der Waals surface area contributed by atoms with Gasteiger partial charge in [-0.2, -0.15) is 0 Å². The Morgan fingerprint density at radius 1 is 1.12 bits per heavy atom. The molecule has 0 spiro atoms. The highest BCUT2D eigenvalue weighted by Gasteiger charge is 2.26. The van der Waals surface area contributed by atoms with Crippen molar-refractivity contribution in [2.24, 2.45) is 0 Å². The minimum absolute atomic E-state index is 0.255. The number of ether oxygens (including phenoxy) is 1. The van der Waals surface area contributed by atoms with Gasteiger partial charge in [-0.15, -0.1) is 0 Å². The van der Waals surface area contributed by atoms with Gasteiger partial charge in [0.2, 0.25) is 0 Å². The molecule has 0 rings (SSSR count). The van der Waals surface area contributed by atoms with Crippen molar-refractivity contribution in [3.8, 4) is 0 Å². The molecule has 0 fully saturated rings. The Morgan fingerprint density at radius 2 is 1.62 bits per heavy atom. The number of hydrogen-bond donors (Lipinski definition) is 0. The van der Waals surface area contributed by atoms with Crippen molar-refractivity contribution in [2.75, 3.05) is 19.8 Å². The Labute approximate surface area is 96.3 Å². The Hall–Kier alpha value is -0.640. The topological polar surface area (TPSA) is 61.8 Å². The standard InChI is InChI=1S/C10H19O5P/c1-5-13-10(11)8-9(4)16(12,14-6-2)15-7-3/h8H,5-7H2,1-4H3/b9-8-. The molecule has 0 N–H and O–H groups in total. The maximum atomic E-state index is 12.1. The zero-order valence-electron chi connectivity index (χ0n) is 10.2. The van der Waals surface area contributed by atoms with E-state index < -0.39 is 13.6 Å². The van der Waals surface area contributed by atoms with Gasteiger partial charge in [-0.1, -0.05) is 0 Å². The number of hydrogen-bond acceptors (Lipinski definition) is 5. The highest BCUT2D eigenvalue weighted by Crippen LogP contribution is 2.55. The molecule has 94 valence electrons.